The van der Waals surface area contributed by atoms with Gasteiger partial charge in [0, 0.05) is 6.54 Å². The Morgan fingerprint density at radius 1 is 1.42 bits per heavy atom. The Labute approximate surface area is 115 Å². The SMILES string of the molecule is C=CCn1c(C(N)CC(C)C)nc2cc(C)ccc21. The summed E-state index contributed by atoms with van der Waals surface area (Å²) < 4.78 is 2.18. The molecule has 0 bridgehead atoms. The first-order chi connectivity index (χ1) is 9.02. The van der Waals surface area contributed by atoms with E-state index in [4.69, 9.17) is 10.7 Å². The highest BCUT2D eigenvalue weighted by molar-refractivity contribution is 5.77. The Bertz CT molecular complexity index is 581. The van der Waals surface area contributed by atoms with Crippen molar-refractivity contribution in [1.29, 1.82) is 0 Å². The van der Waals surface area contributed by atoms with Crippen LogP contribution in [0.3, 0.4) is 0 Å². The van der Waals surface area contributed by atoms with E-state index in [0.29, 0.717) is 5.92 Å². The Morgan fingerprint density at radius 3 is 2.79 bits per heavy atom. The topological polar surface area (TPSA) is 43.8 Å². The van der Waals surface area contributed by atoms with Crippen LogP contribution in [0, 0.1) is 12.8 Å². The minimum atomic E-state index is -0.0207. The lowest BCUT2D eigenvalue weighted by Crippen LogP contribution is -2.18. The molecule has 19 heavy (non-hydrogen) atoms. The second-order valence-electron chi connectivity index (χ2n) is 5.60. The maximum atomic E-state index is 6.31. The van der Waals surface area contributed by atoms with Crippen molar-refractivity contribution >= 4 is 11.0 Å². The number of benzene rings is 1. The summed E-state index contributed by atoms with van der Waals surface area (Å²) in [6.07, 6.45) is 2.84. The van der Waals surface area contributed by atoms with E-state index in [1.54, 1.807) is 0 Å². The van der Waals surface area contributed by atoms with Gasteiger partial charge in [-0.25, -0.2) is 4.98 Å². The summed E-state index contributed by atoms with van der Waals surface area (Å²) in [6, 6.07) is 6.32. The molecule has 1 heterocycles. The van der Waals surface area contributed by atoms with Gasteiger partial charge >= 0.3 is 0 Å². The van der Waals surface area contributed by atoms with Gasteiger partial charge in [0.2, 0.25) is 0 Å². The van der Waals surface area contributed by atoms with Crippen molar-refractivity contribution in [3.05, 3.63) is 42.2 Å². The van der Waals surface area contributed by atoms with Crippen LogP contribution in [0.25, 0.3) is 11.0 Å². The van der Waals surface area contributed by atoms with Gasteiger partial charge in [0.05, 0.1) is 17.1 Å². The molecular weight excluding hydrogens is 234 g/mol. The predicted octanol–water partition coefficient (Wildman–Crippen LogP) is 3.58. The minimum absolute atomic E-state index is 0.0207. The average molecular weight is 257 g/mol. The van der Waals surface area contributed by atoms with Gasteiger partial charge in [-0.1, -0.05) is 26.0 Å². The standard InChI is InChI=1S/C16H23N3/c1-5-8-19-15-7-6-12(4)10-14(15)18-16(19)13(17)9-11(2)3/h5-7,10-11,13H,1,8-9,17H2,2-4H3. The highest BCUT2D eigenvalue weighted by atomic mass is 15.1. The Kier molecular flexibility index (Phi) is 4.05. The lowest BCUT2D eigenvalue weighted by molar-refractivity contribution is 0.482. The molecule has 1 atom stereocenters. The molecular formula is C16H23N3. The van der Waals surface area contributed by atoms with Gasteiger partial charge in [-0.3, -0.25) is 0 Å². The van der Waals surface area contributed by atoms with Crippen LogP contribution in [-0.2, 0) is 6.54 Å². The number of nitrogens with two attached hydrogens (primary N) is 1. The van der Waals surface area contributed by atoms with E-state index in [9.17, 15) is 0 Å². The molecule has 0 radical (unpaired) electrons. The van der Waals surface area contributed by atoms with Crippen molar-refractivity contribution in [2.45, 2.75) is 39.8 Å². The maximum Gasteiger partial charge on any atom is 0.127 e. The zero-order valence-corrected chi connectivity index (χ0v) is 12.1. The van der Waals surface area contributed by atoms with Gasteiger partial charge in [0.15, 0.2) is 0 Å². The second kappa shape index (κ2) is 5.57. The molecule has 0 fully saturated rings. The van der Waals surface area contributed by atoms with Crippen molar-refractivity contribution in [3.63, 3.8) is 0 Å². The fourth-order valence-electron chi connectivity index (χ4n) is 2.48. The highest BCUT2D eigenvalue weighted by Crippen LogP contribution is 2.24. The molecule has 2 rings (SSSR count). The molecule has 1 unspecified atom stereocenters. The van der Waals surface area contributed by atoms with Crippen LogP contribution in [-0.4, -0.2) is 9.55 Å². The van der Waals surface area contributed by atoms with E-state index in [-0.39, 0.29) is 6.04 Å². The first kappa shape index (κ1) is 13.8. The third-order valence-corrected chi connectivity index (χ3v) is 3.30. The van der Waals surface area contributed by atoms with Crippen LogP contribution in [0.2, 0.25) is 0 Å². The van der Waals surface area contributed by atoms with E-state index in [1.807, 2.05) is 6.08 Å². The van der Waals surface area contributed by atoms with Crippen LogP contribution < -0.4 is 5.73 Å². The van der Waals surface area contributed by atoms with Gasteiger partial charge < -0.3 is 10.3 Å². The fraction of sp³-hybridized carbons (Fsp3) is 0.438. The van der Waals surface area contributed by atoms with Crippen molar-refractivity contribution < 1.29 is 0 Å². The molecule has 2 aromatic rings. The summed E-state index contributed by atoms with van der Waals surface area (Å²) in [4.78, 5) is 4.74. The van der Waals surface area contributed by atoms with Gasteiger partial charge in [-0.2, -0.15) is 0 Å². The van der Waals surface area contributed by atoms with Crippen LogP contribution >= 0.6 is 0 Å². The number of rotatable bonds is 5. The normalized spacial score (nSPS) is 13.1. The number of imidazole rings is 1. The summed E-state index contributed by atoms with van der Waals surface area (Å²) in [5.41, 5.74) is 9.70. The summed E-state index contributed by atoms with van der Waals surface area (Å²) >= 11 is 0. The van der Waals surface area contributed by atoms with E-state index >= 15 is 0 Å². The van der Waals surface area contributed by atoms with Gasteiger partial charge in [-0.15, -0.1) is 6.58 Å². The monoisotopic (exact) mass is 257 g/mol. The summed E-state index contributed by atoms with van der Waals surface area (Å²) in [7, 11) is 0. The maximum absolute atomic E-state index is 6.31. The quantitative estimate of drug-likeness (QED) is 0.832. The third-order valence-electron chi connectivity index (χ3n) is 3.30. The number of aryl methyl sites for hydroxylation is 1. The molecule has 102 valence electrons. The van der Waals surface area contributed by atoms with E-state index in [1.165, 1.54) is 5.56 Å². The molecule has 0 aliphatic heterocycles. The molecule has 0 spiro atoms. The lowest BCUT2D eigenvalue weighted by Gasteiger charge is -2.15. The molecule has 2 N–H and O–H groups in total. The minimum Gasteiger partial charge on any atom is -0.323 e. The van der Waals surface area contributed by atoms with Crippen molar-refractivity contribution in [2.24, 2.45) is 11.7 Å². The number of nitrogens with zero attached hydrogens (tertiary/aromatic N) is 2. The fourth-order valence-corrected chi connectivity index (χ4v) is 2.48. The van der Waals surface area contributed by atoms with Crippen molar-refractivity contribution in [2.75, 3.05) is 0 Å². The Morgan fingerprint density at radius 2 is 2.16 bits per heavy atom. The lowest BCUT2D eigenvalue weighted by atomic mass is 10.0. The number of fused-ring (bicyclic) bond motifs is 1. The molecule has 0 saturated heterocycles. The van der Waals surface area contributed by atoms with E-state index in [0.717, 1.165) is 29.8 Å². The second-order valence-corrected chi connectivity index (χ2v) is 5.60. The summed E-state index contributed by atoms with van der Waals surface area (Å²) in [6.45, 7) is 11.0. The number of aromatic nitrogens is 2. The first-order valence-corrected chi connectivity index (χ1v) is 6.86. The molecule has 0 aliphatic carbocycles. The zero-order chi connectivity index (χ0) is 14.0. The smallest absolute Gasteiger partial charge is 0.127 e. The zero-order valence-electron chi connectivity index (χ0n) is 12.1. The van der Waals surface area contributed by atoms with Gasteiger partial charge in [-0.05, 0) is 37.0 Å². The molecule has 3 nitrogen and oxygen atoms in total. The van der Waals surface area contributed by atoms with Crippen LogP contribution in [0.1, 0.15) is 37.7 Å². The van der Waals surface area contributed by atoms with Crippen LogP contribution in [0.15, 0.2) is 30.9 Å². The average Bonchev–Trinajstić information content (AvgIpc) is 2.67. The summed E-state index contributed by atoms with van der Waals surface area (Å²) in [5, 5.41) is 0. The molecule has 3 heteroatoms. The predicted molar refractivity (Wildman–Crippen MR) is 81.1 cm³/mol. The molecule has 0 saturated carbocycles. The number of allylic oxidation sites excluding steroid dienone is 1. The van der Waals surface area contributed by atoms with Gasteiger partial charge in [0.25, 0.3) is 0 Å². The van der Waals surface area contributed by atoms with Crippen molar-refractivity contribution in [1.82, 2.24) is 9.55 Å². The summed E-state index contributed by atoms with van der Waals surface area (Å²) in [5.74, 6) is 1.53. The van der Waals surface area contributed by atoms with Crippen LogP contribution in [0.4, 0.5) is 0 Å². The van der Waals surface area contributed by atoms with Crippen LogP contribution in [0.5, 0.6) is 0 Å². The van der Waals surface area contributed by atoms with E-state index < -0.39 is 0 Å². The molecule has 1 aromatic heterocycles. The number of hydrogen-bond acceptors (Lipinski definition) is 2. The first-order valence-electron chi connectivity index (χ1n) is 6.86. The molecule has 0 aliphatic rings. The van der Waals surface area contributed by atoms with E-state index in [2.05, 4.69) is 50.1 Å². The largest absolute Gasteiger partial charge is 0.323 e. The Balaban J connectivity index is 2.52. The van der Waals surface area contributed by atoms with Gasteiger partial charge in [0.1, 0.15) is 5.82 Å². The number of hydrogen-bond donors (Lipinski definition) is 1. The van der Waals surface area contributed by atoms with Crippen molar-refractivity contribution in [3.8, 4) is 0 Å². The third kappa shape index (κ3) is 2.87. The highest BCUT2D eigenvalue weighted by Gasteiger charge is 2.17. The molecule has 1 aromatic carbocycles. The molecule has 0 amide bonds. The Hall–Kier alpha value is -1.61.